The van der Waals surface area contributed by atoms with Crippen LogP contribution in [0.2, 0.25) is 0 Å². The zero-order valence-corrected chi connectivity index (χ0v) is 14.8. The SMILES string of the molecule is CN1CCN(CC(=O)Nc2ccc3oc(-c4ccccc4)nc3c2)CC1. The molecule has 0 atom stereocenters. The second-order valence-corrected chi connectivity index (χ2v) is 6.70. The largest absolute Gasteiger partial charge is 0.436 e. The summed E-state index contributed by atoms with van der Waals surface area (Å²) in [5, 5.41) is 2.97. The normalized spacial score (nSPS) is 16.0. The number of carbonyl (C=O) groups excluding carboxylic acids is 1. The first-order valence-electron chi connectivity index (χ1n) is 8.84. The van der Waals surface area contributed by atoms with Crippen LogP contribution in [0.25, 0.3) is 22.6 Å². The smallest absolute Gasteiger partial charge is 0.238 e. The van der Waals surface area contributed by atoms with E-state index in [1.807, 2.05) is 48.5 Å². The highest BCUT2D eigenvalue weighted by Gasteiger charge is 2.17. The van der Waals surface area contributed by atoms with Crippen LogP contribution in [0.5, 0.6) is 0 Å². The molecule has 1 saturated heterocycles. The van der Waals surface area contributed by atoms with Crippen molar-refractivity contribution in [3.8, 4) is 11.5 Å². The van der Waals surface area contributed by atoms with Crippen molar-refractivity contribution < 1.29 is 9.21 Å². The standard InChI is InChI=1S/C20H22N4O2/c1-23-9-11-24(12-10-23)14-19(25)21-16-7-8-18-17(13-16)22-20(26-18)15-5-3-2-4-6-15/h2-8,13H,9-12,14H2,1H3,(H,21,25). The molecule has 3 aromatic rings. The van der Waals surface area contributed by atoms with Crippen molar-refractivity contribution in [1.82, 2.24) is 14.8 Å². The van der Waals surface area contributed by atoms with Crippen molar-refractivity contribution >= 4 is 22.7 Å². The summed E-state index contributed by atoms with van der Waals surface area (Å²) < 4.78 is 5.81. The Morgan fingerprint density at radius 2 is 1.88 bits per heavy atom. The third-order valence-electron chi connectivity index (χ3n) is 4.66. The van der Waals surface area contributed by atoms with Crippen LogP contribution in [0.4, 0.5) is 5.69 Å². The van der Waals surface area contributed by atoms with Gasteiger partial charge in [0, 0.05) is 37.4 Å². The lowest BCUT2D eigenvalue weighted by atomic mass is 10.2. The van der Waals surface area contributed by atoms with Crippen LogP contribution in [0.1, 0.15) is 0 Å². The minimum Gasteiger partial charge on any atom is -0.436 e. The van der Waals surface area contributed by atoms with E-state index in [1.165, 1.54) is 0 Å². The molecule has 1 aliphatic heterocycles. The summed E-state index contributed by atoms with van der Waals surface area (Å²) in [4.78, 5) is 21.3. The molecule has 0 saturated carbocycles. The molecule has 0 spiro atoms. The van der Waals surface area contributed by atoms with E-state index in [4.69, 9.17) is 4.42 Å². The summed E-state index contributed by atoms with van der Waals surface area (Å²) in [7, 11) is 2.11. The number of amides is 1. The van der Waals surface area contributed by atoms with Gasteiger partial charge in [0.25, 0.3) is 0 Å². The van der Waals surface area contributed by atoms with Gasteiger partial charge in [0.1, 0.15) is 5.52 Å². The highest BCUT2D eigenvalue weighted by molar-refractivity contribution is 5.94. The van der Waals surface area contributed by atoms with Crippen LogP contribution in [-0.4, -0.2) is 60.5 Å². The maximum Gasteiger partial charge on any atom is 0.238 e. The number of rotatable bonds is 4. The lowest BCUT2D eigenvalue weighted by Crippen LogP contribution is -2.47. The minimum absolute atomic E-state index is 0.000630. The Bertz CT molecular complexity index is 899. The molecule has 1 aromatic heterocycles. The van der Waals surface area contributed by atoms with Gasteiger partial charge in [-0.05, 0) is 37.4 Å². The first kappa shape index (κ1) is 16.8. The molecule has 2 aromatic carbocycles. The fourth-order valence-corrected chi connectivity index (χ4v) is 3.12. The first-order valence-corrected chi connectivity index (χ1v) is 8.84. The number of piperazine rings is 1. The summed E-state index contributed by atoms with van der Waals surface area (Å²) in [6.45, 7) is 4.26. The second-order valence-electron chi connectivity index (χ2n) is 6.70. The molecule has 1 N–H and O–H groups in total. The lowest BCUT2D eigenvalue weighted by molar-refractivity contribution is -0.117. The van der Waals surface area contributed by atoms with Gasteiger partial charge in [-0.2, -0.15) is 0 Å². The number of fused-ring (bicyclic) bond motifs is 1. The maximum atomic E-state index is 12.3. The lowest BCUT2D eigenvalue weighted by Gasteiger charge is -2.31. The summed E-state index contributed by atoms with van der Waals surface area (Å²) in [6, 6.07) is 15.3. The van der Waals surface area contributed by atoms with E-state index in [-0.39, 0.29) is 5.91 Å². The zero-order chi connectivity index (χ0) is 17.9. The minimum atomic E-state index is 0.000630. The highest BCUT2D eigenvalue weighted by atomic mass is 16.3. The Balaban J connectivity index is 1.44. The fraction of sp³-hybridized carbons (Fsp3) is 0.300. The number of nitrogens with one attached hydrogen (secondary N) is 1. The van der Waals surface area contributed by atoms with E-state index < -0.39 is 0 Å². The van der Waals surface area contributed by atoms with Gasteiger partial charge >= 0.3 is 0 Å². The summed E-state index contributed by atoms with van der Waals surface area (Å²) in [5.41, 5.74) is 3.12. The summed E-state index contributed by atoms with van der Waals surface area (Å²) in [6.07, 6.45) is 0. The number of carbonyl (C=O) groups is 1. The van der Waals surface area contributed by atoms with Crippen molar-refractivity contribution in [3.63, 3.8) is 0 Å². The fourth-order valence-electron chi connectivity index (χ4n) is 3.12. The third kappa shape index (κ3) is 3.76. The Hall–Kier alpha value is -2.70. The van der Waals surface area contributed by atoms with Crippen molar-refractivity contribution in [2.75, 3.05) is 45.1 Å². The number of benzene rings is 2. The van der Waals surface area contributed by atoms with Crippen LogP contribution in [-0.2, 0) is 4.79 Å². The average molecular weight is 350 g/mol. The number of nitrogens with zero attached hydrogens (tertiary/aromatic N) is 3. The zero-order valence-electron chi connectivity index (χ0n) is 14.8. The van der Waals surface area contributed by atoms with Crippen LogP contribution in [0, 0.1) is 0 Å². The molecular formula is C20H22N4O2. The van der Waals surface area contributed by atoms with Crippen molar-refractivity contribution in [2.45, 2.75) is 0 Å². The van der Waals surface area contributed by atoms with Gasteiger partial charge in [-0.15, -0.1) is 0 Å². The van der Waals surface area contributed by atoms with Crippen molar-refractivity contribution in [3.05, 3.63) is 48.5 Å². The van der Waals surface area contributed by atoms with Gasteiger partial charge in [0.2, 0.25) is 11.8 Å². The highest BCUT2D eigenvalue weighted by Crippen LogP contribution is 2.26. The topological polar surface area (TPSA) is 61.6 Å². The van der Waals surface area contributed by atoms with Gasteiger partial charge in [-0.3, -0.25) is 9.69 Å². The Morgan fingerprint density at radius 3 is 2.65 bits per heavy atom. The van der Waals surface area contributed by atoms with E-state index in [9.17, 15) is 4.79 Å². The van der Waals surface area contributed by atoms with Gasteiger partial charge in [-0.1, -0.05) is 18.2 Å². The van der Waals surface area contributed by atoms with Gasteiger partial charge in [0.05, 0.1) is 6.54 Å². The van der Waals surface area contributed by atoms with Crippen molar-refractivity contribution in [2.24, 2.45) is 0 Å². The molecule has 4 rings (SSSR count). The molecule has 1 fully saturated rings. The molecule has 2 heterocycles. The molecule has 6 heteroatoms. The summed E-state index contributed by atoms with van der Waals surface area (Å²) >= 11 is 0. The molecule has 1 amide bonds. The van der Waals surface area contributed by atoms with Crippen LogP contribution in [0.15, 0.2) is 52.9 Å². The summed E-state index contributed by atoms with van der Waals surface area (Å²) in [5.74, 6) is 0.585. The monoisotopic (exact) mass is 350 g/mol. The molecule has 134 valence electrons. The number of aromatic nitrogens is 1. The Labute approximate surface area is 152 Å². The van der Waals surface area contributed by atoms with E-state index >= 15 is 0 Å². The number of anilines is 1. The van der Waals surface area contributed by atoms with Gasteiger partial charge in [-0.25, -0.2) is 4.98 Å². The first-order chi connectivity index (χ1) is 12.7. The van der Waals surface area contributed by atoms with Crippen LogP contribution in [0.3, 0.4) is 0 Å². The molecule has 1 aliphatic rings. The molecule has 0 aliphatic carbocycles. The molecule has 0 unspecified atom stereocenters. The Kier molecular flexibility index (Phi) is 4.69. The molecular weight excluding hydrogens is 328 g/mol. The van der Waals surface area contributed by atoms with Gasteiger partial charge < -0.3 is 14.6 Å². The second kappa shape index (κ2) is 7.27. The van der Waals surface area contributed by atoms with Crippen LogP contribution >= 0.6 is 0 Å². The molecule has 0 radical (unpaired) electrons. The van der Waals surface area contributed by atoms with E-state index in [2.05, 4.69) is 27.1 Å². The number of oxazole rings is 1. The van der Waals surface area contributed by atoms with Crippen LogP contribution < -0.4 is 5.32 Å². The van der Waals surface area contributed by atoms with Gasteiger partial charge in [0.15, 0.2) is 5.58 Å². The predicted molar refractivity (Wildman–Crippen MR) is 102 cm³/mol. The maximum absolute atomic E-state index is 12.3. The Morgan fingerprint density at radius 1 is 1.12 bits per heavy atom. The van der Waals surface area contributed by atoms with E-state index in [0.29, 0.717) is 18.0 Å². The third-order valence-corrected chi connectivity index (χ3v) is 4.66. The molecule has 26 heavy (non-hydrogen) atoms. The number of likely N-dealkylation sites (N-methyl/N-ethyl adjacent to an activating group) is 1. The number of hydrogen-bond donors (Lipinski definition) is 1. The van der Waals surface area contributed by atoms with Crippen molar-refractivity contribution in [1.29, 1.82) is 0 Å². The molecule has 0 bridgehead atoms. The molecule has 6 nitrogen and oxygen atoms in total. The number of hydrogen-bond acceptors (Lipinski definition) is 5. The quantitative estimate of drug-likeness (QED) is 0.784. The van der Waals surface area contributed by atoms with E-state index in [1.54, 1.807) is 0 Å². The van der Waals surface area contributed by atoms with E-state index in [0.717, 1.165) is 42.9 Å². The predicted octanol–water partition coefficient (Wildman–Crippen LogP) is 2.68. The average Bonchev–Trinajstić information content (AvgIpc) is 3.08.